The van der Waals surface area contributed by atoms with E-state index in [9.17, 15) is 4.79 Å². The lowest BCUT2D eigenvalue weighted by atomic mass is 10.1. The van der Waals surface area contributed by atoms with Crippen molar-refractivity contribution in [1.82, 2.24) is 0 Å². The molecule has 1 heterocycles. The molecule has 1 amide bonds. The summed E-state index contributed by atoms with van der Waals surface area (Å²) in [6.45, 7) is 0. The van der Waals surface area contributed by atoms with Crippen molar-refractivity contribution in [2.45, 2.75) is 5.25 Å². The van der Waals surface area contributed by atoms with Crippen LogP contribution in [0, 0.1) is 0 Å². The van der Waals surface area contributed by atoms with Crippen LogP contribution >= 0.6 is 35.0 Å². The molecule has 1 N–H and O–H groups in total. The molecule has 2 rings (SSSR count). The second-order valence-corrected chi connectivity index (χ2v) is 4.66. The second kappa shape index (κ2) is 3.65. The molecule has 2 nitrogen and oxygen atoms in total. The minimum absolute atomic E-state index is 0.0309. The van der Waals surface area contributed by atoms with Crippen molar-refractivity contribution in [3.8, 4) is 0 Å². The topological polar surface area (TPSA) is 29.1 Å². The molecule has 0 spiro atoms. The quantitative estimate of drug-likeness (QED) is 0.825. The van der Waals surface area contributed by atoms with Gasteiger partial charge in [0.1, 0.15) is 5.25 Å². The number of thioether (sulfide) groups is 1. The van der Waals surface area contributed by atoms with Crippen molar-refractivity contribution in [1.29, 1.82) is 0 Å². The van der Waals surface area contributed by atoms with Crippen LogP contribution in [0.2, 0.25) is 10.0 Å². The summed E-state index contributed by atoms with van der Waals surface area (Å²) in [5.74, 6) is -0.0309. The van der Waals surface area contributed by atoms with Crippen molar-refractivity contribution in [2.24, 2.45) is 0 Å². The first-order chi connectivity index (χ1) is 6.65. The minimum atomic E-state index is -0.167. The van der Waals surface area contributed by atoms with Crippen LogP contribution in [0.3, 0.4) is 0 Å². The minimum Gasteiger partial charge on any atom is -0.323 e. The van der Waals surface area contributed by atoms with Crippen LogP contribution in [0.4, 0.5) is 5.69 Å². The highest BCUT2D eigenvalue weighted by Crippen LogP contribution is 2.44. The van der Waals surface area contributed by atoms with Gasteiger partial charge in [0.15, 0.2) is 0 Å². The molecule has 1 unspecified atom stereocenters. The summed E-state index contributed by atoms with van der Waals surface area (Å²) in [5.41, 5.74) is 1.57. The highest BCUT2D eigenvalue weighted by atomic mass is 35.5. The fourth-order valence-electron chi connectivity index (χ4n) is 1.48. The van der Waals surface area contributed by atoms with Gasteiger partial charge in [0.2, 0.25) is 5.91 Å². The number of halogens is 2. The summed E-state index contributed by atoms with van der Waals surface area (Å²) in [5, 5.41) is 3.45. The average Bonchev–Trinajstić information content (AvgIpc) is 2.49. The highest BCUT2D eigenvalue weighted by molar-refractivity contribution is 7.99. The van der Waals surface area contributed by atoms with E-state index >= 15 is 0 Å². The number of rotatable bonds is 1. The average molecular weight is 248 g/mol. The van der Waals surface area contributed by atoms with Gasteiger partial charge in [-0.1, -0.05) is 29.3 Å². The first-order valence-electron chi connectivity index (χ1n) is 3.96. The third-order valence-corrected chi connectivity index (χ3v) is 3.88. The van der Waals surface area contributed by atoms with Crippen molar-refractivity contribution in [3.05, 3.63) is 27.7 Å². The Morgan fingerprint density at radius 1 is 1.43 bits per heavy atom. The molecule has 74 valence electrons. The Bertz CT molecular complexity index is 408. The van der Waals surface area contributed by atoms with Gasteiger partial charge in [-0.3, -0.25) is 4.79 Å². The SMILES string of the molecule is CSC1C(=O)Nc2c1ccc(Cl)c2Cl. The summed E-state index contributed by atoms with van der Waals surface area (Å²) < 4.78 is 0. The zero-order valence-electron chi connectivity index (χ0n) is 7.30. The number of benzene rings is 1. The number of hydrogen-bond acceptors (Lipinski definition) is 2. The molecule has 0 saturated heterocycles. The van der Waals surface area contributed by atoms with Crippen LogP contribution in [0.25, 0.3) is 0 Å². The van der Waals surface area contributed by atoms with E-state index in [0.717, 1.165) is 5.56 Å². The standard InChI is InChI=1S/C9H7Cl2NOS/c1-14-8-4-2-3-5(10)6(11)7(4)12-9(8)13/h2-3,8H,1H3,(H,12,13). The molecule has 1 atom stereocenters. The van der Waals surface area contributed by atoms with E-state index in [1.165, 1.54) is 11.8 Å². The first kappa shape index (κ1) is 10.1. The van der Waals surface area contributed by atoms with E-state index in [1.54, 1.807) is 6.07 Å². The number of carbonyl (C=O) groups is 1. The zero-order chi connectivity index (χ0) is 10.3. The molecule has 1 aromatic carbocycles. The molecule has 0 bridgehead atoms. The summed E-state index contributed by atoms with van der Waals surface area (Å²) in [7, 11) is 0. The number of hydrogen-bond donors (Lipinski definition) is 1. The summed E-state index contributed by atoms with van der Waals surface area (Å²) >= 11 is 13.3. The predicted octanol–water partition coefficient (Wildman–Crippen LogP) is 3.35. The van der Waals surface area contributed by atoms with Gasteiger partial charge in [0, 0.05) is 0 Å². The van der Waals surface area contributed by atoms with Gasteiger partial charge in [-0.2, -0.15) is 0 Å². The van der Waals surface area contributed by atoms with Gasteiger partial charge in [-0.25, -0.2) is 0 Å². The molecular formula is C9H7Cl2NOS. The van der Waals surface area contributed by atoms with Crippen LogP contribution in [0.1, 0.15) is 10.8 Å². The second-order valence-electron chi connectivity index (χ2n) is 2.93. The molecule has 0 aromatic heterocycles. The maximum Gasteiger partial charge on any atom is 0.242 e. The predicted molar refractivity (Wildman–Crippen MR) is 61.3 cm³/mol. The molecule has 5 heteroatoms. The zero-order valence-corrected chi connectivity index (χ0v) is 9.63. The largest absolute Gasteiger partial charge is 0.323 e. The molecule has 0 fully saturated rings. The molecule has 14 heavy (non-hydrogen) atoms. The normalized spacial score (nSPS) is 19.4. The molecule has 1 aliphatic heterocycles. The lowest BCUT2D eigenvalue weighted by molar-refractivity contribution is -0.115. The van der Waals surface area contributed by atoms with Gasteiger partial charge >= 0.3 is 0 Å². The van der Waals surface area contributed by atoms with Gasteiger partial charge in [-0.05, 0) is 17.9 Å². The number of fused-ring (bicyclic) bond motifs is 1. The Hall–Kier alpha value is -0.380. The van der Waals surface area contributed by atoms with E-state index in [4.69, 9.17) is 23.2 Å². The Labute approximate surface area is 96.0 Å². The molecule has 0 radical (unpaired) electrons. The molecule has 1 aromatic rings. The van der Waals surface area contributed by atoms with Gasteiger partial charge in [0.25, 0.3) is 0 Å². The lowest BCUT2D eigenvalue weighted by Gasteiger charge is -2.05. The van der Waals surface area contributed by atoms with E-state index in [-0.39, 0.29) is 11.2 Å². The van der Waals surface area contributed by atoms with Gasteiger partial charge in [-0.15, -0.1) is 11.8 Å². The van der Waals surface area contributed by atoms with Gasteiger partial charge in [0.05, 0.1) is 15.7 Å². The fourth-order valence-corrected chi connectivity index (χ4v) is 2.58. The fraction of sp³-hybridized carbons (Fsp3) is 0.222. The Morgan fingerprint density at radius 3 is 2.79 bits per heavy atom. The molecule has 0 aliphatic carbocycles. The third-order valence-electron chi connectivity index (χ3n) is 2.13. The number of amides is 1. The summed E-state index contributed by atoms with van der Waals surface area (Å²) in [6, 6.07) is 3.55. The first-order valence-corrected chi connectivity index (χ1v) is 6.01. The number of anilines is 1. The van der Waals surface area contributed by atoms with Crippen molar-refractivity contribution in [3.63, 3.8) is 0 Å². The van der Waals surface area contributed by atoms with Crippen molar-refractivity contribution >= 4 is 46.6 Å². The maximum atomic E-state index is 11.5. The molecule has 0 saturated carbocycles. The third kappa shape index (κ3) is 1.40. The number of carbonyl (C=O) groups excluding carboxylic acids is 1. The van der Waals surface area contributed by atoms with Crippen LogP contribution in [0.15, 0.2) is 12.1 Å². The van der Waals surface area contributed by atoms with Gasteiger partial charge < -0.3 is 5.32 Å². The van der Waals surface area contributed by atoms with Crippen LogP contribution in [-0.2, 0) is 4.79 Å². The van der Waals surface area contributed by atoms with E-state index in [2.05, 4.69) is 5.32 Å². The smallest absolute Gasteiger partial charge is 0.242 e. The van der Waals surface area contributed by atoms with Crippen LogP contribution in [0.5, 0.6) is 0 Å². The van der Waals surface area contributed by atoms with E-state index in [1.807, 2.05) is 12.3 Å². The molecular weight excluding hydrogens is 241 g/mol. The van der Waals surface area contributed by atoms with Crippen molar-refractivity contribution < 1.29 is 4.79 Å². The lowest BCUT2D eigenvalue weighted by Crippen LogP contribution is -2.08. The Kier molecular flexibility index (Phi) is 2.64. The molecule has 1 aliphatic rings. The van der Waals surface area contributed by atoms with Crippen molar-refractivity contribution in [2.75, 3.05) is 11.6 Å². The Morgan fingerprint density at radius 2 is 2.14 bits per heavy atom. The van der Waals surface area contributed by atoms with E-state index < -0.39 is 0 Å². The summed E-state index contributed by atoms with van der Waals surface area (Å²) in [6.07, 6.45) is 1.89. The highest BCUT2D eigenvalue weighted by Gasteiger charge is 2.31. The van der Waals surface area contributed by atoms with E-state index in [0.29, 0.717) is 15.7 Å². The van der Waals surface area contributed by atoms with Crippen LogP contribution < -0.4 is 5.32 Å². The monoisotopic (exact) mass is 247 g/mol. The van der Waals surface area contributed by atoms with Crippen LogP contribution in [-0.4, -0.2) is 12.2 Å². The maximum absolute atomic E-state index is 11.5. The number of nitrogens with one attached hydrogen (secondary N) is 1. The Balaban J connectivity index is 2.57. The summed E-state index contributed by atoms with van der Waals surface area (Å²) in [4.78, 5) is 11.5.